The van der Waals surface area contributed by atoms with Crippen molar-refractivity contribution in [3.8, 4) is 11.5 Å². The lowest BCUT2D eigenvalue weighted by molar-refractivity contribution is 0.306. The fourth-order valence-corrected chi connectivity index (χ4v) is 3.57. The normalized spacial score (nSPS) is 9.67. The third-order valence-corrected chi connectivity index (χ3v) is 5.34. The molecule has 0 bridgehead atoms. The summed E-state index contributed by atoms with van der Waals surface area (Å²) in [5, 5.41) is 0. The minimum atomic E-state index is -0.430. The van der Waals surface area contributed by atoms with E-state index in [1.165, 1.54) is 9.26 Å². The Bertz CT molecular complexity index is 502. The summed E-state index contributed by atoms with van der Waals surface area (Å²) in [4.78, 5) is 0. The maximum absolute atomic E-state index is 5.88. The molecule has 2 aromatic rings. The molecule has 0 heterocycles. The van der Waals surface area contributed by atoms with Gasteiger partial charge in [-0.05, 0) is 11.6 Å². The minimum absolute atomic E-state index is 0.430. The molecule has 0 aliphatic carbocycles. The summed E-state index contributed by atoms with van der Waals surface area (Å²) in [6.07, 6.45) is 0. The van der Waals surface area contributed by atoms with Crippen LogP contribution >= 0.6 is 12.9 Å². The maximum atomic E-state index is 5.88. The van der Waals surface area contributed by atoms with Crippen LogP contribution in [0.3, 0.4) is 0 Å². The van der Waals surface area contributed by atoms with Crippen LogP contribution in [0.1, 0.15) is 5.56 Å². The molecule has 0 aliphatic heterocycles. The zero-order valence-electron chi connectivity index (χ0n) is 10.2. The molecule has 0 atom stereocenters. The van der Waals surface area contributed by atoms with Crippen molar-refractivity contribution in [3.63, 3.8) is 0 Å². The van der Waals surface area contributed by atoms with Gasteiger partial charge in [-0.2, -0.15) is 0 Å². The predicted octanol–water partition coefficient (Wildman–Crippen LogP) is 2.91. The van der Waals surface area contributed by atoms with E-state index in [9.17, 15) is 0 Å². The number of hydrogen-bond acceptors (Lipinski definition) is 2. The van der Waals surface area contributed by atoms with Gasteiger partial charge in [0.2, 0.25) is 0 Å². The second kappa shape index (κ2) is 7.02. The fourth-order valence-electron chi connectivity index (χ4n) is 1.64. The largest absolute Gasteiger partial charge is 0.512 e. The molecule has 0 aromatic heterocycles. The highest BCUT2D eigenvalue weighted by atomic mass is 79.9. The average Bonchev–Trinajstić information content (AvgIpc) is 2.45. The van der Waals surface area contributed by atoms with Crippen LogP contribution in [-0.2, 0) is 6.61 Å². The zero-order chi connectivity index (χ0) is 12.8. The predicted molar refractivity (Wildman–Crippen MR) is 78.1 cm³/mol. The number of halogens is 1. The quantitative estimate of drug-likeness (QED) is 0.790. The van der Waals surface area contributed by atoms with Crippen molar-refractivity contribution in [2.24, 2.45) is 0 Å². The Balaban J connectivity index is 2.12. The molecule has 2 rings (SSSR count). The van der Waals surface area contributed by atoms with Gasteiger partial charge in [-0.25, -0.2) is 0 Å². The van der Waals surface area contributed by atoms with E-state index in [1.54, 1.807) is 7.11 Å². The summed E-state index contributed by atoms with van der Waals surface area (Å²) in [6.45, 7) is 0.586. The Labute approximate surface area is 123 Å². The second-order valence-electron chi connectivity index (χ2n) is 3.88. The monoisotopic (exact) mass is 316 g/mol. The third-order valence-electron chi connectivity index (χ3n) is 2.66. The van der Waals surface area contributed by atoms with Crippen LogP contribution in [0.25, 0.3) is 0 Å². The number of methoxy groups -OCH3 is 1. The Morgan fingerprint density at radius 2 is 1.89 bits per heavy atom. The summed E-state index contributed by atoms with van der Waals surface area (Å²) in [5.41, 5.74) is 1.17. The van der Waals surface area contributed by atoms with Crippen molar-refractivity contribution in [2.45, 2.75) is 6.61 Å². The van der Waals surface area contributed by atoms with Gasteiger partial charge in [0.05, 0.1) is 12.9 Å². The summed E-state index contributed by atoms with van der Waals surface area (Å²) < 4.78 is 12.4. The highest BCUT2D eigenvalue weighted by Gasteiger charge is 2.06. The molecule has 0 radical (unpaired) electrons. The van der Waals surface area contributed by atoms with E-state index >= 15 is 0 Å². The first-order chi connectivity index (χ1) is 8.83. The third kappa shape index (κ3) is 3.64. The first-order valence-electron chi connectivity index (χ1n) is 5.73. The summed E-state index contributed by atoms with van der Waals surface area (Å²) in [5.74, 6) is 1.75. The van der Waals surface area contributed by atoms with Crippen LogP contribution in [0.2, 0.25) is 0 Å². The molecule has 0 amide bonds. The molecule has 18 heavy (non-hydrogen) atoms. The van der Waals surface area contributed by atoms with Gasteiger partial charge >= 0.3 is 18.2 Å². The van der Waals surface area contributed by atoms with Gasteiger partial charge in [0, 0.05) is 6.07 Å². The first kappa shape index (κ1) is 13.7. The lowest BCUT2D eigenvalue weighted by Crippen LogP contribution is -2.13. The molecule has 2 aromatic carbocycles. The molecule has 2 nitrogen and oxygen atoms in total. The van der Waals surface area contributed by atoms with Gasteiger partial charge in [0.15, 0.2) is 0 Å². The molecular formula is C14H13BrMgO2. The number of rotatable bonds is 5. The van der Waals surface area contributed by atoms with Gasteiger partial charge in [-0.1, -0.05) is 36.4 Å². The molecular weight excluding hydrogens is 304 g/mol. The van der Waals surface area contributed by atoms with E-state index in [4.69, 9.17) is 9.47 Å². The topological polar surface area (TPSA) is 18.5 Å². The maximum Gasteiger partial charge on any atom is 0.512 e. The van der Waals surface area contributed by atoms with Crippen LogP contribution in [0.5, 0.6) is 11.5 Å². The van der Waals surface area contributed by atoms with Gasteiger partial charge in [-0.15, -0.1) is 3.69 Å². The van der Waals surface area contributed by atoms with E-state index in [-0.39, 0.29) is 0 Å². The lowest BCUT2D eigenvalue weighted by atomic mass is 10.2. The molecule has 0 unspecified atom stereocenters. The zero-order valence-corrected chi connectivity index (χ0v) is 13.2. The summed E-state index contributed by atoms with van der Waals surface area (Å²) in [6, 6.07) is 16.2. The molecule has 0 N–H and O–H groups in total. The Kier molecular flexibility index (Phi) is 5.35. The molecule has 0 fully saturated rings. The van der Waals surface area contributed by atoms with E-state index in [1.807, 2.05) is 30.3 Å². The average molecular weight is 317 g/mol. The summed E-state index contributed by atoms with van der Waals surface area (Å²) in [7, 11) is 1.67. The van der Waals surface area contributed by atoms with Crippen LogP contribution in [0.15, 0.2) is 48.5 Å². The lowest BCUT2D eigenvalue weighted by Gasteiger charge is -2.12. The molecule has 0 saturated carbocycles. The highest BCUT2D eigenvalue weighted by Crippen LogP contribution is 2.18. The molecule has 0 aliphatic rings. The first-order valence-corrected chi connectivity index (χ1v) is 10.3. The Hall–Kier alpha value is -0.714. The number of hydrogen-bond donors (Lipinski definition) is 0. The van der Waals surface area contributed by atoms with Crippen LogP contribution in [0, 0.1) is 0 Å². The number of ether oxygens (including phenoxy) is 2. The Morgan fingerprint density at radius 1 is 1.11 bits per heavy atom. The summed E-state index contributed by atoms with van der Waals surface area (Å²) >= 11 is 3.17. The standard InChI is InChI=1S/C14H13O2.BrH.Mg/c1-15-13-8-5-9-14(10-13)16-11-12-6-3-2-4-7-12;;/h2-8,10H,11H2,1H3;1H;/q;;+1/p-1. The van der Waals surface area contributed by atoms with Crippen molar-refractivity contribution in [1.29, 1.82) is 0 Å². The highest BCUT2D eigenvalue weighted by molar-refractivity contribution is 9.23. The van der Waals surface area contributed by atoms with Crippen molar-refractivity contribution in [2.75, 3.05) is 7.11 Å². The van der Waals surface area contributed by atoms with Crippen molar-refractivity contribution in [1.82, 2.24) is 0 Å². The SMILES string of the molecule is COc1cc[c]([Mg][Br])c(OCc2ccccc2)c1. The smallest absolute Gasteiger partial charge is 0.497 e. The van der Waals surface area contributed by atoms with Gasteiger partial charge < -0.3 is 9.47 Å². The van der Waals surface area contributed by atoms with Gasteiger partial charge in [0.25, 0.3) is 0 Å². The fraction of sp³-hybridized carbons (Fsp3) is 0.143. The van der Waals surface area contributed by atoms with Crippen LogP contribution in [-0.4, -0.2) is 25.3 Å². The molecule has 0 spiro atoms. The van der Waals surface area contributed by atoms with E-state index in [0.717, 1.165) is 11.5 Å². The van der Waals surface area contributed by atoms with Crippen LogP contribution < -0.4 is 13.2 Å². The molecule has 90 valence electrons. The number of benzene rings is 2. The minimum Gasteiger partial charge on any atom is -0.497 e. The Morgan fingerprint density at radius 3 is 2.56 bits per heavy atom. The molecule has 0 saturated heterocycles. The van der Waals surface area contributed by atoms with E-state index < -0.39 is 18.2 Å². The van der Waals surface area contributed by atoms with Gasteiger partial charge in [-0.3, -0.25) is 12.9 Å². The van der Waals surface area contributed by atoms with E-state index in [2.05, 4.69) is 31.1 Å². The van der Waals surface area contributed by atoms with Gasteiger partial charge in [0.1, 0.15) is 12.4 Å². The second-order valence-corrected chi connectivity index (χ2v) is 6.59. The van der Waals surface area contributed by atoms with Crippen molar-refractivity contribution < 1.29 is 9.47 Å². The van der Waals surface area contributed by atoms with E-state index in [0.29, 0.717) is 6.61 Å². The van der Waals surface area contributed by atoms with Crippen LogP contribution in [0.4, 0.5) is 0 Å². The molecule has 4 heteroatoms. The van der Waals surface area contributed by atoms with Crippen molar-refractivity contribution >= 4 is 34.8 Å². The van der Waals surface area contributed by atoms with Crippen molar-refractivity contribution in [3.05, 3.63) is 54.1 Å².